The van der Waals surface area contributed by atoms with Gasteiger partial charge in [0.15, 0.2) is 5.96 Å². The average molecular weight is 738 g/mol. The minimum atomic E-state index is -0.472. The molecule has 0 aromatic carbocycles. The number of H-pyrrole nitrogens is 1. The molecular weight excluding hydrogens is 700 g/mol. The smallest absolute Gasteiger partial charge is 0.272 e. The number of aromatic amines is 1. The Labute approximate surface area is 289 Å². The van der Waals surface area contributed by atoms with Crippen LogP contribution < -0.4 is 38.1 Å². The number of aryl methyl sites for hydroxylation is 3. The molecule has 5 amide bonds. The largest absolute Gasteiger partial charge is 0.370 e. The summed E-state index contributed by atoms with van der Waals surface area (Å²) < 4.78 is 4.81. The summed E-state index contributed by atoms with van der Waals surface area (Å²) in [7, 11) is 4.97. The van der Waals surface area contributed by atoms with Crippen LogP contribution in [0.25, 0.3) is 0 Å². The number of halogens is 1. The summed E-state index contributed by atoms with van der Waals surface area (Å²) in [4.78, 5) is 70.2. The molecule has 0 spiro atoms. The summed E-state index contributed by atoms with van der Waals surface area (Å²) in [6.45, 7) is 5.55. The van der Waals surface area contributed by atoms with Crippen molar-refractivity contribution in [3.05, 3.63) is 82.9 Å². The number of carbonyl (C=O) groups is 5. The van der Waals surface area contributed by atoms with E-state index < -0.39 is 23.6 Å². The first kappa shape index (κ1) is 35.8. The minimum absolute atomic E-state index is 0.0520. The summed E-state index contributed by atoms with van der Waals surface area (Å²) in [5.74, 6) is -2.11. The Morgan fingerprint density at radius 3 is 1.69 bits per heavy atom. The highest BCUT2D eigenvalue weighted by molar-refractivity contribution is 9.12. The standard InChI is InChI=1S/C31H37BrN12O5/c1-16(37-31(33)34)11-36-26(45)10-18-6-19(12-35-18)38-28(47)23-8-21(14-43(23)4)40-30(49)25-9-22(15-44(25)5)41-29(48)24-7-20(13-42(24)3)39-27(46)17(2)32/h6-9,12-16,35H,2,10-11H2,1,3-5H3,(H,36,45)(H,38,47)(H,39,46)(H,40,49)(H,41,48)(H4,33,34,37). The number of nitrogens with one attached hydrogen (secondary N) is 6. The van der Waals surface area contributed by atoms with Crippen LogP contribution in [0.2, 0.25) is 0 Å². The number of amides is 5. The van der Waals surface area contributed by atoms with Crippen molar-refractivity contribution in [1.82, 2.24) is 24.0 Å². The Balaban J connectivity index is 1.33. The normalized spacial score (nSPS) is 11.3. The van der Waals surface area contributed by atoms with E-state index in [1.54, 1.807) is 72.6 Å². The molecule has 0 aliphatic rings. The van der Waals surface area contributed by atoms with Crippen LogP contribution in [0.1, 0.15) is 44.1 Å². The lowest BCUT2D eigenvalue weighted by atomic mass is 10.2. The molecule has 10 N–H and O–H groups in total. The molecule has 1 atom stereocenters. The van der Waals surface area contributed by atoms with Crippen molar-refractivity contribution in [1.29, 1.82) is 0 Å². The number of nitrogens with two attached hydrogens (primary N) is 2. The third-order valence-corrected chi connectivity index (χ3v) is 7.41. The van der Waals surface area contributed by atoms with E-state index in [4.69, 9.17) is 11.5 Å². The number of anilines is 4. The number of aromatic nitrogens is 4. The van der Waals surface area contributed by atoms with E-state index in [2.05, 4.69) is 59.1 Å². The van der Waals surface area contributed by atoms with E-state index in [1.807, 2.05) is 0 Å². The van der Waals surface area contributed by atoms with Gasteiger partial charge in [-0.25, -0.2) is 4.99 Å². The van der Waals surface area contributed by atoms with Gasteiger partial charge in [0.2, 0.25) is 5.91 Å². The number of hydrogen-bond donors (Lipinski definition) is 8. The lowest BCUT2D eigenvalue weighted by Gasteiger charge is -2.08. The molecule has 4 aromatic rings. The molecule has 4 heterocycles. The van der Waals surface area contributed by atoms with Crippen LogP contribution in [0, 0.1) is 0 Å². The number of nitrogens with zero attached hydrogens (tertiary/aromatic N) is 4. The van der Waals surface area contributed by atoms with E-state index in [-0.39, 0.29) is 52.4 Å². The maximum Gasteiger partial charge on any atom is 0.272 e. The number of aliphatic imine (C=N–C) groups is 1. The summed E-state index contributed by atoms with van der Waals surface area (Å²) in [5, 5.41) is 13.7. The van der Waals surface area contributed by atoms with Gasteiger partial charge in [-0.3, -0.25) is 24.0 Å². The SMILES string of the molecule is C=C(Br)C(=O)Nc1cc(C(=O)Nc2cc(C(=O)Nc3cc(C(=O)Nc4c[nH]c(CC(=O)NCC(C)N=C(N)N)c4)n(C)c3)n(C)c2)n(C)c1. The molecule has 258 valence electrons. The third-order valence-electron chi connectivity index (χ3n) is 7.05. The average Bonchev–Trinajstić information content (AvgIpc) is 3.78. The topological polar surface area (TPSA) is 240 Å². The van der Waals surface area contributed by atoms with E-state index in [9.17, 15) is 24.0 Å². The Kier molecular flexibility index (Phi) is 11.1. The van der Waals surface area contributed by atoms with Gasteiger partial charge in [0.05, 0.1) is 39.7 Å². The molecule has 0 radical (unpaired) electrons. The number of hydrogen-bond acceptors (Lipinski definition) is 6. The van der Waals surface area contributed by atoms with Crippen LogP contribution in [0.4, 0.5) is 22.7 Å². The Bertz CT molecular complexity index is 1960. The van der Waals surface area contributed by atoms with Gasteiger partial charge in [-0.1, -0.05) is 6.58 Å². The molecule has 18 heteroatoms. The predicted octanol–water partition coefficient (Wildman–Crippen LogP) is 1.95. The maximum atomic E-state index is 13.2. The second kappa shape index (κ2) is 15.2. The van der Waals surface area contributed by atoms with Crippen molar-refractivity contribution >= 4 is 74.2 Å². The Morgan fingerprint density at radius 2 is 1.24 bits per heavy atom. The zero-order valence-corrected chi connectivity index (χ0v) is 28.8. The molecule has 0 fully saturated rings. The molecule has 0 aliphatic heterocycles. The predicted molar refractivity (Wildman–Crippen MR) is 190 cm³/mol. The lowest BCUT2D eigenvalue weighted by Crippen LogP contribution is -2.33. The minimum Gasteiger partial charge on any atom is -0.370 e. The molecule has 0 aliphatic carbocycles. The summed E-state index contributed by atoms with van der Waals surface area (Å²) in [6.07, 6.45) is 6.37. The second-order valence-corrected chi connectivity index (χ2v) is 12.2. The molecule has 49 heavy (non-hydrogen) atoms. The van der Waals surface area contributed by atoms with Crippen LogP contribution in [0.15, 0.2) is 65.1 Å². The van der Waals surface area contributed by atoms with Gasteiger partial charge < -0.3 is 56.7 Å². The van der Waals surface area contributed by atoms with E-state index in [0.717, 1.165) is 0 Å². The monoisotopic (exact) mass is 736 g/mol. The van der Waals surface area contributed by atoms with Gasteiger partial charge in [-0.05, 0) is 47.1 Å². The molecule has 0 saturated heterocycles. The molecule has 0 saturated carbocycles. The van der Waals surface area contributed by atoms with Crippen molar-refractivity contribution < 1.29 is 24.0 Å². The van der Waals surface area contributed by atoms with Gasteiger partial charge in [-0.2, -0.15) is 0 Å². The van der Waals surface area contributed by atoms with E-state index >= 15 is 0 Å². The Morgan fingerprint density at radius 1 is 0.796 bits per heavy atom. The highest BCUT2D eigenvalue weighted by Gasteiger charge is 2.19. The fraction of sp³-hybridized carbons (Fsp3) is 0.226. The zero-order valence-electron chi connectivity index (χ0n) is 27.2. The second-order valence-electron chi connectivity index (χ2n) is 11.2. The van der Waals surface area contributed by atoms with Gasteiger partial charge in [0.1, 0.15) is 17.1 Å². The van der Waals surface area contributed by atoms with Crippen LogP contribution in [-0.2, 0) is 37.2 Å². The van der Waals surface area contributed by atoms with Gasteiger partial charge in [-0.15, -0.1) is 0 Å². The fourth-order valence-corrected chi connectivity index (χ4v) is 4.87. The van der Waals surface area contributed by atoms with Crippen LogP contribution >= 0.6 is 15.9 Å². The van der Waals surface area contributed by atoms with Crippen molar-refractivity contribution in [3.63, 3.8) is 0 Å². The Hall–Kier alpha value is -6.04. The van der Waals surface area contributed by atoms with E-state index in [1.165, 1.54) is 18.2 Å². The van der Waals surface area contributed by atoms with Crippen molar-refractivity contribution in [2.75, 3.05) is 27.8 Å². The number of rotatable bonds is 13. The molecule has 4 aromatic heterocycles. The first-order chi connectivity index (χ1) is 23.1. The molecule has 17 nitrogen and oxygen atoms in total. The highest BCUT2D eigenvalue weighted by Crippen LogP contribution is 2.21. The van der Waals surface area contributed by atoms with Crippen LogP contribution in [0.3, 0.4) is 0 Å². The van der Waals surface area contributed by atoms with Crippen molar-refractivity contribution in [3.8, 4) is 0 Å². The lowest BCUT2D eigenvalue weighted by molar-refractivity contribution is -0.120. The van der Waals surface area contributed by atoms with Gasteiger partial charge >= 0.3 is 0 Å². The number of guanidine groups is 1. The van der Waals surface area contributed by atoms with Crippen molar-refractivity contribution in [2.45, 2.75) is 19.4 Å². The zero-order chi connectivity index (χ0) is 36.0. The summed E-state index contributed by atoms with van der Waals surface area (Å²) in [6, 6.07) is 5.92. The highest BCUT2D eigenvalue weighted by atomic mass is 79.9. The molecule has 1 unspecified atom stereocenters. The van der Waals surface area contributed by atoms with Crippen molar-refractivity contribution in [2.24, 2.45) is 37.6 Å². The van der Waals surface area contributed by atoms with E-state index in [0.29, 0.717) is 28.4 Å². The van der Waals surface area contributed by atoms with Gasteiger partial charge in [0, 0.05) is 58.2 Å². The molecule has 0 bridgehead atoms. The quantitative estimate of drug-likeness (QED) is 0.0576. The molecular formula is C31H37BrN12O5. The molecule has 4 rings (SSSR count). The number of carbonyl (C=O) groups excluding carboxylic acids is 5. The first-order valence-electron chi connectivity index (χ1n) is 14.7. The fourth-order valence-electron chi connectivity index (χ4n) is 4.77. The third kappa shape index (κ3) is 9.50. The summed E-state index contributed by atoms with van der Waals surface area (Å²) in [5.41, 5.74) is 13.7. The summed E-state index contributed by atoms with van der Waals surface area (Å²) >= 11 is 3.01. The maximum absolute atomic E-state index is 13.2. The van der Waals surface area contributed by atoms with Crippen LogP contribution in [0.5, 0.6) is 0 Å². The van der Waals surface area contributed by atoms with Gasteiger partial charge in [0.25, 0.3) is 23.6 Å². The first-order valence-corrected chi connectivity index (χ1v) is 15.5. The van der Waals surface area contributed by atoms with Crippen LogP contribution in [-0.4, -0.2) is 66.8 Å².